The fraction of sp³-hybridized carbons (Fsp3) is 0.438. The first-order valence-electron chi connectivity index (χ1n) is 6.58. The number of ether oxygens (including phenoxy) is 2. The third-order valence-electron chi connectivity index (χ3n) is 3.03. The lowest BCUT2D eigenvalue weighted by Crippen LogP contribution is -2.35. The van der Waals surface area contributed by atoms with Crippen molar-refractivity contribution in [3.63, 3.8) is 0 Å². The van der Waals surface area contributed by atoms with Crippen LogP contribution in [0.3, 0.4) is 0 Å². The molecule has 0 heterocycles. The molecule has 1 N–H and O–H groups in total. The molecule has 1 aromatic rings. The minimum absolute atomic E-state index is 0.0349. The van der Waals surface area contributed by atoms with Crippen molar-refractivity contribution in [3.05, 3.63) is 23.8 Å². The van der Waals surface area contributed by atoms with Crippen LogP contribution in [0.25, 0.3) is 0 Å². The summed E-state index contributed by atoms with van der Waals surface area (Å²) in [4.78, 5) is 12.0. The lowest BCUT2D eigenvalue weighted by molar-refractivity contribution is -0.121. The van der Waals surface area contributed by atoms with E-state index in [9.17, 15) is 4.79 Å². The van der Waals surface area contributed by atoms with Crippen LogP contribution in [0.2, 0.25) is 0 Å². The van der Waals surface area contributed by atoms with Crippen molar-refractivity contribution in [3.8, 4) is 23.8 Å². The van der Waals surface area contributed by atoms with E-state index in [0.29, 0.717) is 24.3 Å². The lowest BCUT2D eigenvalue weighted by Gasteiger charge is -2.14. The molecule has 4 nitrogen and oxygen atoms in total. The smallest absolute Gasteiger partial charge is 0.224 e. The largest absolute Gasteiger partial charge is 0.493 e. The molecule has 0 aliphatic heterocycles. The second-order valence-electron chi connectivity index (χ2n) is 4.45. The zero-order chi connectivity index (χ0) is 15.0. The van der Waals surface area contributed by atoms with Gasteiger partial charge < -0.3 is 14.8 Å². The highest BCUT2D eigenvalue weighted by atomic mass is 16.5. The molecule has 20 heavy (non-hydrogen) atoms. The molecule has 1 aromatic carbocycles. The fourth-order valence-corrected chi connectivity index (χ4v) is 1.89. The Morgan fingerprint density at radius 3 is 2.60 bits per heavy atom. The molecule has 0 spiro atoms. The highest BCUT2D eigenvalue weighted by Crippen LogP contribution is 2.27. The fourth-order valence-electron chi connectivity index (χ4n) is 1.89. The van der Waals surface area contributed by atoms with E-state index in [0.717, 1.165) is 12.0 Å². The molecule has 0 aliphatic rings. The van der Waals surface area contributed by atoms with Crippen molar-refractivity contribution in [2.75, 3.05) is 14.2 Å². The van der Waals surface area contributed by atoms with Crippen LogP contribution in [-0.2, 0) is 11.2 Å². The second-order valence-corrected chi connectivity index (χ2v) is 4.45. The van der Waals surface area contributed by atoms with Crippen LogP contribution in [0.1, 0.15) is 25.3 Å². The Kier molecular flexibility index (Phi) is 6.45. The summed E-state index contributed by atoms with van der Waals surface area (Å²) in [6.45, 7) is 2.00. The third-order valence-corrected chi connectivity index (χ3v) is 3.03. The highest BCUT2D eigenvalue weighted by molar-refractivity contribution is 5.79. The summed E-state index contributed by atoms with van der Waals surface area (Å²) in [5.74, 6) is 3.80. The van der Waals surface area contributed by atoms with Crippen LogP contribution in [0, 0.1) is 12.3 Å². The first-order valence-corrected chi connectivity index (χ1v) is 6.58. The Morgan fingerprint density at radius 2 is 2.05 bits per heavy atom. The van der Waals surface area contributed by atoms with E-state index in [1.807, 2.05) is 13.0 Å². The Balaban J connectivity index is 2.68. The van der Waals surface area contributed by atoms with Gasteiger partial charge in [-0.05, 0) is 24.1 Å². The predicted octanol–water partition coefficient (Wildman–Crippen LogP) is 2.16. The average molecular weight is 275 g/mol. The van der Waals surface area contributed by atoms with E-state index in [1.54, 1.807) is 26.4 Å². The number of nitrogens with one attached hydrogen (secondary N) is 1. The number of carbonyl (C=O) groups is 1. The van der Waals surface area contributed by atoms with Gasteiger partial charge in [0.05, 0.1) is 20.6 Å². The number of rotatable bonds is 7. The first kappa shape index (κ1) is 15.9. The normalized spacial score (nSPS) is 11.3. The van der Waals surface area contributed by atoms with Crippen molar-refractivity contribution in [1.82, 2.24) is 5.32 Å². The maximum absolute atomic E-state index is 12.0. The molecule has 1 amide bonds. The summed E-state index contributed by atoms with van der Waals surface area (Å²) in [6.07, 6.45) is 6.94. The van der Waals surface area contributed by atoms with Gasteiger partial charge in [-0.1, -0.05) is 13.0 Å². The van der Waals surface area contributed by atoms with Gasteiger partial charge in [-0.3, -0.25) is 4.79 Å². The van der Waals surface area contributed by atoms with Crippen molar-refractivity contribution >= 4 is 5.91 Å². The van der Waals surface area contributed by atoms with Gasteiger partial charge in [0.2, 0.25) is 5.91 Å². The van der Waals surface area contributed by atoms with Crippen molar-refractivity contribution in [2.45, 2.75) is 32.2 Å². The topological polar surface area (TPSA) is 47.6 Å². The predicted molar refractivity (Wildman–Crippen MR) is 78.9 cm³/mol. The maximum atomic E-state index is 12.0. The van der Waals surface area contributed by atoms with Gasteiger partial charge in [-0.15, -0.1) is 12.3 Å². The van der Waals surface area contributed by atoms with Crippen LogP contribution < -0.4 is 14.8 Å². The highest BCUT2D eigenvalue weighted by Gasteiger charge is 2.11. The van der Waals surface area contributed by atoms with Crippen LogP contribution in [0.15, 0.2) is 18.2 Å². The average Bonchev–Trinajstić information content (AvgIpc) is 2.46. The third kappa shape index (κ3) is 4.51. The molecule has 0 saturated heterocycles. The van der Waals surface area contributed by atoms with E-state index in [-0.39, 0.29) is 11.9 Å². The quantitative estimate of drug-likeness (QED) is 0.776. The van der Waals surface area contributed by atoms with Crippen molar-refractivity contribution in [1.29, 1.82) is 0 Å². The summed E-state index contributed by atoms with van der Waals surface area (Å²) >= 11 is 0. The maximum Gasteiger partial charge on any atom is 0.224 e. The van der Waals surface area contributed by atoms with Gasteiger partial charge >= 0.3 is 0 Å². The van der Waals surface area contributed by atoms with Gasteiger partial charge in [0.15, 0.2) is 11.5 Å². The molecule has 0 saturated carbocycles. The van der Waals surface area contributed by atoms with Gasteiger partial charge in [-0.25, -0.2) is 0 Å². The Hall–Kier alpha value is -2.15. The Bertz CT molecular complexity index is 491. The Labute approximate surface area is 120 Å². The van der Waals surface area contributed by atoms with Crippen LogP contribution in [0.4, 0.5) is 0 Å². The summed E-state index contributed by atoms with van der Waals surface area (Å²) in [7, 11) is 3.15. The second kappa shape index (κ2) is 8.11. The molecule has 1 atom stereocenters. The van der Waals surface area contributed by atoms with Crippen molar-refractivity contribution < 1.29 is 14.3 Å². The molecule has 0 aromatic heterocycles. The molecule has 0 radical (unpaired) electrons. The first-order chi connectivity index (χ1) is 9.64. The van der Waals surface area contributed by atoms with E-state index in [2.05, 4.69) is 11.2 Å². The van der Waals surface area contributed by atoms with E-state index < -0.39 is 0 Å². The molecule has 0 bridgehead atoms. The number of hydrogen-bond donors (Lipinski definition) is 1. The van der Waals surface area contributed by atoms with E-state index >= 15 is 0 Å². The molecule has 0 fully saturated rings. The number of methoxy groups -OCH3 is 2. The van der Waals surface area contributed by atoms with E-state index in [4.69, 9.17) is 15.9 Å². The SMILES string of the molecule is C#CCC(CC)NC(=O)Cc1ccc(OC)c(OC)c1. The lowest BCUT2D eigenvalue weighted by atomic mass is 10.1. The molecule has 1 unspecified atom stereocenters. The molecular formula is C16H21NO3. The number of benzene rings is 1. The number of hydrogen-bond acceptors (Lipinski definition) is 3. The zero-order valence-corrected chi connectivity index (χ0v) is 12.2. The zero-order valence-electron chi connectivity index (χ0n) is 12.2. The van der Waals surface area contributed by atoms with Crippen LogP contribution >= 0.6 is 0 Å². The number of carbonyl (C=O) groups excluding carboxylic acids is 1. The molecular weight excluding hydrogens is 254 g/mol. The van der Waals surface area contributed by atoms with Gasteiger partial charge in [0, 0.05) is 12.5 Å². The van der Waals surface area contributed by atoms with E-state index in [1.165, 1.54) is 0 Å². The Morgan fingerprint density at radius 1 is 1.35 bits per heavy atom. The molecule has 0 aliphatic carbocycles. The monoisotopic (exact) mass is 275 g/mol. The standard InChI is InChI=1S/C16H21NO3/c1-5-7-13(6-2)17-16(18)11-12-8-9-14(19-3)15(10-12)20-4/h1,8-10,13H,6-7,11H2,2-4H3,(H,17,18). The van der Waals surface area contributed by atoms with Crippen LogP contribution in [-0.4, -0.2) is 26.2 Å². The number of terminal acetylenes is 1. The van der Waals surface area contributed by atoms with Crippen molar-refractivity contribution in [2.24, 2.45) is 0 Å². The minimum Gasteiger partial charge on any atom is -0.493 e. The summed E-state index contributed by atoms with van der Waals surface area (Å²) in [6, 6.07) is 5.48. The van der Waals surface area contributed by atoms with Gasteiger partial charge in [-0.2, -0.15) is 0 Å². The van der Waals surface area contributed by atoms with Crippen LogP contribution in [0.5, 0.6) is 11.5 Å². The number of amides is 1. The molecule has 108 valence electrons. The summed E-state index contributed by atoms with van der Waals surface area (Å²) in [5, 5.41) is 2.93. The summed E-state index contributed by atoms with van der Waals surface area (Å²) in [5.41, 5.74) is 0.871. The molecule has 4 heteroatoms. The molecule has 1 rings (SSSR count). The summed E-state index contributed by atoms with van der Waals surface area (Å²) < 4.78 is 10.4. The minimum atomic E-state index is -0.0423. The van der Waals surface area contributed by atoms with Gasteiger partial charge in [0.25, 0.3) is 0 Å². The van der Waals surface area contributed by atoms with Gasteiger partial charge in [0.1, 0.15) is 0 Å².